The summed E-state index contributed by atoms with van der Waals surface area (Å²) in [6.07, 6.45) is -1.53. The van der Waals surface area contributed by atoms with Crippen molar-refractivity contribution in [1.29, 1.82) is 0 Å². The summed E-state index contributed by atoms with van der Waals surface area (Å²) >= 11 is 0. The van der Waals surface area contributed by atoms with Crippen molar-refractivity contribution in [3.63, 3.8) is 0 Å². The number of fused-ring (bicyclic) bond motifs is 2. The largest absolute Gasteiger partial charge is 0.492 e. The van der Waals surface area contributed by atoms with E-state index in [4.69, 9.17) is 14.2 Å². The van der Waals surface area contributed by atoms with Crippen LogP contribution >= 0.6 is 0 Å². The predicted octanol–water partition coefficient (Wildman–Crippen LogP) is 0.452. The summed E-state index contributed by atoms with van der Waals surface area (Å²) < 4.78 is 15.6. The molecule has 2 aliphatic carbocycles. The van der Waals surface area contributed by atoms with E-state index in [0.29, 0.717) is 0 Å². The number of hydrogen-bond acceptors (Lipinski definition) is 10. The zero-order chi connectivity index (χ0) is 25.1. The molecule has 0 aromatic heterocycles. The molecular formula is C24H25NO9. The van der Waals surface area contributed by atoms with Gasteiger partial charge in [0.15, 0.2) is 23.1 Å². The Morgan fingerprint density at radius 3 is 1.88 bits per heavy atom. The topological polar surface area (TPSA) is 137 Å². The zero-order valence-corrected chi connectivity index (χ0v) is 19.5. The van der Waals surface area contributed by atoms with Gasteiger partial charge in [0.25, 0.3) is 0 Å². The van der Waals surface area contributed by atoms with Crippen LogP contribution in [0.5, 0.6) is 0 Å². The molecule has 4 rings (SSSR count). The minimum atomic E-state index is -1.27. The average Bonchev–Trinajstić information content (AvgIpc) is 2.79. The van der Waals surface area contributed by atoms with E-state index in [2.05, 4.69) is 0 Å². The molecule has 0 bridgehead atoms. The molecule has 34 heavy (non-hydrogen) atoms. The summed E-state index contributed by atoms with van der Waals surface area (Å²) in [5, 5.41) is 11.1. The highest BCUT2D eigenvalue weighted by Crippen LogP contribution is 2.45. The van der Waals surface area contributed by atoms with Gasteiger partial charge >= 0.3 is 5.97 Å². The smallest absolute Gasteiger partial charge is 0.302 e. The molecule has 0 saturated heterocycles. The van der Waals surface area contributed by atoms with Gasteiger partial charge in [-0.05, 0) is 20.3 Å². The molecule has 0 amide bonds. The monoisotopic (exact) mass is 471 g/mol. The molecule has 0 fully saturated rings. The summed E-state index contributed by atoms with van der Waals surface area (Å²) in [7, 11) is 2.57. The Bertz CT molecular complexity index is 1180. The van der Waals surface area contributed by atoms with E-state index in [-0.39, 0.29) is 64.4 Å². The fraction of sp³-hybridized carbons (Fsp3) is 0.458. The lowest BCUT2D eigenvalue weighted by molar-refractivity contribution is -0.146. The van der Waals surface area contributed by atoms with Gasteiger partial charge < -0.3 is 19.3 Å². The molecule has 0 spiro atoms. The molecule has 180 valence electrons. The van der Waals surface area contributed by atoms with Crippen LogP contribution in [0.15, 0.2) is 45.0 Å². The maximum Gasteiger partial charge on any atom is 0.302 e. The van der Waals surface area contributed by atoms with Crippen LogP contribution in [-0.4, -0.2) is 78.2 Å². The fourth-order valence-corrected chi connectivity index (χ4v) is 5.35. The van der Waals surface area contributed by atoms with E-state index >= 15 is 0 Å². The summed E-state index contributed by atoms with van der Waals surface area (Å²) in [5.41, 5.74) is 0.750. The van der Waals surface area contributed by atoms with Crippen LogP contribution in [0.2, 0.25) is 0 Å². The number of methoxy groups -OCH3 is 2. The summed E-state index contributed by atoms with van der Waals surface area (Å²) in [4.78, 5) is 66.0. The van der Waals surface area contributed by atoms with Crippen LogP contribution < -0.4 is 0 Å². The maximum absolute atomic E-state index is 13.4. The highest BCUT2D eigenvalue weighted by atomic mass is 16.5. The molecule has 0 unspecified atom stereocenters. The Morgan fingerprint density at radius 1 is 0.882 bits per heavy atom. The van der Waals surface area contributed by atoms with Crippen molar-refractivity contribution in [3.8, 4) is 0 Å². The SMILES string of the molecule is COC1=C(C)C(=O)C2=C(C1=O)[C@H](COC(C)=O)N1[C@@H](O)CC3=C(C(=O)C(OC)=C(C)C3=O)[C@@H]1C2. The first kappa shape index (κ1) is 23.8. The van der Waals surface area contributed by atoms with Crippen LogP contribution in [0.3, 0.4) is 0 Å². The quantitative estimate of drug-likeness (QED) is 0.455. The normalized spacial score (nSPS) is 27.6. The Morgan fingerprint density at radius 2 is 1.38 bits per heavy atom. The summed E-state index contributed by atoms with van der Waals surface area (Å²) in [6.45, 7) is 3.81. The van der Waals surface area contributed by atoms with Crippen LogP contribution in [0.4, 0.5) is 0 Å². The molecule has 10 heteroatoms. The third-order valence-electron chi connectivity index (χ3n) is 6.83. The van der Waals surface area contributed by atoms with Crippen LogP contribution in [0.1, 0.15) is 33.6 Å². The van der Waals surface area contributed by atoms with E-state index in [1.165, 1.54) is 39.9 Å². The van der Waals surface area contributed by atoms with Gasteiger partial charge in [-0.25, -0.2) is 0 Å². The Labute approximate surface area is 195 Å². The molecule has 0 aromatic rings. The third kappa shape index (κ3) is 3.28. The Hall–Kier alpha value is -3.37. The second kappa shape index (κ2) is 8.44. The van der Waals surface area contributed by atoms with Gasteiger partial charge in [-0.1, -0.05) is 0 Å². The lowest BCUT2D eigenvalue weighted by Crippen LogP contribution is -2.61. The molecular weight excluding hydrogens is 446 g/mol. The van der Waals surface area contributed by atoms with E-state index in [1.54, 1.807) is 0 Å². The van der Waals surface area contributed by atoms with Gasteiger partial charge in [0.05, 0.1) is 20.3 Å². The summed E-state index contributed by atoms with van der Waals surface area (Å²) in [5.74, 6) is -2.73. The number of carbonyl (C=O) groups is 5. The first-order chi connectivity index (χ1) is 16.0. The van der Waals surface area contributed by atoms with Gasteiger partial charge in [0.1, 0.15) is 12.8 Å². The minimum absolute atomic E-state index is 0.0568. The van der Waals surface area contributed by atoms with E-state index in [0.717, 1.165) is 0 Å². The fourth-order valence-electron chi connectivity index (χ4n) is 5.35. The number of hydrogen-bond donors (Lipinski definition) is 1. The molecule has 10 nitrogen and oxygen atoms in total. The van der Waals surface area contributed by atoms with Gasteiger partial charge in [0.2, 0.25) is 11.6 Å². The number of ether oxygens (including phenoxy) is 3. The second-order valence-electron chi connectivity index (χ2n) is 8.59. The molecule has 3 atom stereocenters. The number of ketones is 4. The number of nitrogens with zero attached hydrogens (tertiary/aromatic N) is 1. The van der Waals surface area contributed by atoms with Crippen LogP contribution in [0.25, 0.3) is 0 Å². The third-order valence-corrected chi connectivity index (χ3v) is 6.83. The number of esters is 1. The molecule has 0 saturated carbocycles. The highest BCUT2D eigenvalue weighted by Gasteiger charge is 2.53. The average molecular weight is 471 g/mol. The number of aliphatic hydroxyl groups excluding tert-OH is 1. The molecule has 4 aliphatic rings. The standard InChI is InChI=1S/C24H25NO9/c1-9-19(28)12-6-14-17-13(20(29)10(2)23(32-4)21(17)30)7-16(27)25(14)15(8-34-11(3)26)18(12)22(31)24(9)33-5/h14-16,27H,6-8H2,1-5H3/t14-,15-,16-/m0/s1. The zero-order valence-electron chi connectivity index (χ0n) is 19.5. The number of Topliss-reactive ketones (excluding diaryl/α,β-unsaturated/α-hetero) is 4. The number of rotatable bonds is 4. The molecule has 1 N–H and O–H groups in total. The van der Waals surface area contributed by atoms with Crippen LogP contribution in [0, 0.1) is 0 Å². The van der Waals surface area contributed by atoms with Crippen molar-refractivity contribution in [2.75, 3.05) is 20.8 Å². The number of carbonyl (C=O) groups excluding carboxylic acids is 5. The van der Waals surface area contributed by atoms with Gasteiger partial charge in [-0.3, -0.25) is 28.9 Å². The Kier molecular flexibility index (Phi) is 5.91. The molecule has 2 heterocycles. The van der Waals surface area contributed by atoms with E-state index in [9.17, 15) is 29.1 Å². The first-order valence-corrected chi connectivity index (χ1v) is 10.8. The minimum Gasteiger partial charge on any atom is -0.492 e. The summed E-state index contributed by atoms with van der Waals surface area (Å²) in [6, 6.07) is -1.93. The van der Waals surface area contributed by atoms with Crippen molar-refractivity contribution >= 4 is 29.1 Å². The molecule has 0 aromatic carbocycles. The van der Waals surface area contributed by atoms with Gasteiger partial charge in [-0.2, -0.15) is 0 Å². The van der Waals surface area contributed by atoms with E-state index < -0.39 is 47.4 Å². The van der Waals surface area contributed by atoms with Crippen LogP contribution in [-0.2, 0) is 38.2 Å². The second-order valence-corrected chi connectivity index (χ2v) is 8.59. The van der Waals surface area contributed by atoms with Gasteiger partial charge in [-0.15, -0.1) is 0 Å². The van der Waals surface area contributed by atoms with E-state index in [1.807, 2.05) is 0 Å². The number of aliphatic hydroxyl groups is 1. The molecule has 2 aliphatic heterocycles. The lowest BCUT2D eigenvalue weighted by Gasteiger charge is -2.50. The van der Waals surface area contributed by atoms with Gasteiger partial charge in [0, 0.05) is 52.8 Å². The maximum atomic E-state index is 13.4. The number of allylic oxidation sites excluding steroid dienone is 4. The van der Waals surface area contributed by atoms with Crippen molar-refractivity contribution < 1.29 is 43.3 Å². The Balaban J connectivity index is 1.90. The highest BCUT2D eigenvalue weighted by molar-refractivity contribution is 6.27. The predicted molar refractivity (Wildman–Crippen MR) is 115 cm³/mol. The van der Waals surface area contributed by atoms with Crippen molar-refractivity contribution in [1.82, 2.24) is 4.90 Å². The van der Waals surface area contributed by atoms with Crippen molar-refractivity contribution in [2.45, 2.75) is 51.9 Å². The first-order valence-electron chi connectivity index (χ1n) is 10.8. The lowest BCUT2D eigenvalue weighted by atomic mass is 9.71. The molecule has 0 radical (unpaired) electrons. The van der Waals surface area contributed by atoms with Crippen molar-refractivity contribution in [3.05, 3.63) is 45.0 Å². The van der Waals surface area contributed by atoms with Crippen molar-refractivity contribution in [2.24, 2.45) is 0 Å².